The van der Waals surface area contributed by atoms with Gasteiger partial charge in [-0.05, 0) is 49.2 Å². The molecule has 4 rings (SSSR count). The Morgan fingerprint density at radius 2 is 1.75 bits per heavy atom. The van der Waals surface area contributed by atoms with Crippen LogP contribution in [-0.4, -0.2) is 42.9 Å². The van der Waals surface area contributed by atoms with Gasteiger partial charge in [-0.15, -0.1) is 0 Å². The van der Waals surface area contributed by atoms with Gasteiger partial charge in [0.15, 0.2) is 9.84 Å². The number of amides is 2. The van der Waals surface area contributed by atoms with Gasteiger partial charge >= 0.3 is 6.03 Å². The van der Waals surface area contributed by atoms with Crippen molar-refractivity contribution in [3.63, 3.8) is 0 Å². The molecule has 0 aliphatic carbocycles. The summed E-state index contributed by atoms with van der Waals surface area (Å²) in [6, 6.07) is 8.71. The van der Waals surface area contributed by atoms with Crippen molar-refractivity contribution in [2.24, 2.45) is 0 Å². The second-order valence-corrected chi connectivity index (χ2v) is 10.1. The van der Waals surface area contributed by atoms with E-state index in [-0.39, 0.29) is 34.7 Å². The van der Waals surface area contributed by atoms with Crippen molar-refractivity contribution in [3.8, 4) is 0 Å². The highest BCUT2D eigenvalue weighted by atomic mass is 35.5. The fraction of sp³-hybridized carbons (Fsp3) is 0.350. The van der Waals surface area contributed by atoms with Crippen molar-refractivity contribution in [2.45, 2.75) is 32.5 Å². The van der Waals surface area contributed by atoms with E-state index in [0.29, 0.717) is 5.69 Å². The van der Waals surface area contributed by atoms with E-state index in [1.165, 1.54) is 17.0 Å². The number of rotatable bonds is 3. The van der Waals surface area contributed by atoms with Gasteiger partial charge < -0.3 is 4.90 Å². The number of hydrogen-bond acceptors (Lipinski definition) is 3. The first kappa shape index (κ1) is 19.2. The van der Waals surface area contributed by atoms with Crippen LogP contribution in [0.25, 0.3) is 0 Å². The van der Waals surface area contributed by atoms with Crippen molar-refractivity contribution in [1.82, 2.24) is 4.90 Å². The normalized spacial score (nSPS) is 23.4. The number of anilines is 1. The lowest BCUT2D eigenvalue weighted by Crippen LogP contribution is -2.37. The zero-order valence-corrected chi connectivity index (χ0v) is 17.1. The molecule has 0 aromatic heterocycles. The van der Waals surface area contributed by atoms with E-state index in [9.17, 15) is 17.6 Å². The lowest BCUT2D eigenvalue weighted by molar-refractivity contribution is 0.205. The minimum Gasteiger partial charge on any atom is -0.314 e. The predicted molar refractivity (Wildman–Crippen MR) is 107 cm³/mol. The Labute approximate surface area is 168 Å². The van der Waals surface area contributed by atoms with Crippen LogP contribution in [0.5, 0.6) is 0 Å². The summed E-state index contributed by atoms with van der Waals surface area (Å²) in [4.78, 5) is 16.3. The lowest BCUT2D eigenvalue weighted by Gasteiger charge is -2.23. The Hall–Kier alpha value is -2.12. The molecule has 2 aromatic carbocycles. The number of fused-ring (bicyclic) bond motifs is 1. The van der Waals surface area contributed by atoms with E-state index >= 15 is 0 Å². The standard InChI is InChI=1S/C20H20ClFN2O3S/c1-12-6-13(2)8-14(7-12)24-19-11-28(26,27)10-18(19)23(20(24)25)9-15-16(21)4-3-5-17(15)22/h3-8,18-19H,9-11H2,1-2H3/t18-,19+/m0/s1. The highest BCUT2D eigenvalue weighted by Crippen LogP contribution is 2.37. The molecule has 0 unspecified atom stereocenters. The highest BCUT2D eigenvalue weighted by Gasteiger charge is 2.54. The van der Waals surface area contributed by atoms with E-state index in [1.807, 2.05) is 32.0 Å². The number of halogens is 2. The maximum Gasteiger partial charge on any atom is 0.325 e. The summed E-state index contributed by atoms with van der Waals surface area (Å²) >= 11 is 6.14. The number of benzene rings is 2. The van der Waals surface area contributed by atoms with Crippen LogP contribution in [0.3, 0.4) is 0 Å². The molecule has 5 nitrogen and oxygen atoms in total. The molecule has 2 aromatic rings. The molecule has 2 saturated heterocycles. The molecule has 2 fully saturated rings. The number of sulfone groups is 1. The molecular weight excluding hydrogens is 403 g/mol. The van der Waals surface area contributed by atoms with Crippen LogP contribution in [0.15, 0.2) is 36.4 Å². The van der Waals surface area contributed by atoms with Crippen molar-refractivity contribution < 1.29 is 17.6 Å². The summed E-state index contributed by atoms with van der Waals surface area (Å²) in [5.74, 6) is -0.739. The number of aryl methyl sites for hydroxylation is 2. The van der Waals surface area contributed by atoms with Gasteiger partial charge in [-0.2, -0.15) is 0 Å². The molecule has 0 spiro atoms. The molecule has 28 heavy (non-hydrogen) atoms. The van der Waals surface area contributed by atoms with Gasteiger partial charge in [-0.25, -0.2) is 17.6 Å². The van der Waals surface area contributed by atoms with Crippen molar-refractivity contribution in [1.29, 1.82) is 0 Å². The fourth-order valence-corrected chi connectivity index (χ4v) is 6.38. The molecule has 148 valence electrons. The van der Waals surface area contributed by atoms with Crippen LogP contribution in [0.1, 0.15) is 16.7 Å². The van der Waals surface area contributed by atoms with Gasteiger partial charge in [-0.1, -0.05) is 23.7 Å². The smallest absolute Gasteiger partial charge is 0.314 e. The highest BCUT2D eigenvalue weighted by molar-refractivity contribution is 7.91. The first-order chi connectivity index (χ1) is 13.2. The van der Waals surface area contributed by atoms with Crippen molar-refractivity contribution in [3.05, 3.63) is 63.9 Å². The quantitative estimate of drug-likeness (QED) is 0.708. The van der Waals surface area contributed by atoms with Crippen molar-refractivity contribution >= 4 is 33.2 Å². The SMILES string of the molecule is Cc1cc(C)cc(N2C(=O)N(Cc3c(F)cccc3Cl)[C@H]3CS(=O)(=O)C[C@H]32)c1. The Morgan fingerprint density at radius 3 is 2.39 bits per heavy atom. The molecule has 0 radical (unpaired) electrons. The van der Waals surface area contributed by atoms with Crippen LogP contribution >= 0.6 is 11.6 Å². The molecule has 0 saturated carbocycles. The first-order valence-electron chi connectivity index (χ1n) is 8.98. The van der Waals surface area contributed by atoms with E-state index < -0.39 is 27.7 Å². The molecule has 0 N–H and O–H groups in total. The second kappa shape index (κ2) is 6.74. The molecular formula is C20H20ClFN2O3S. The summed E-state index contributed by atoms with van der Waals surface area (Å²) in [5, 5.41) is 0.218. The minimum absolute atomic E-state index is 0.0671. The topological polar surface area (TPSA) is 57.7 Å². The Balaban J connectivity index is 1.77. The van der Waals surface area contributed by atoms with Gasteiger partial charge in [0.1, 0.15) is 5.82 Å². The summed E-state index contributed by atoms with van der Waals surface area (Å²) in [5.41, 5.74) is 2.83. The third kappa shape index (κ3) is 3.26. The summed E-state index contributed by atoms with van der Waals surface area (Å²) < 4.78 is 39.0. The van der Waals surface area contributed by atoms with E-state index in [1.54, 1.807) is 11.0 Å². The average Bonchev–Trinajstić information content (AvgIpc) is 3.00. The van der Waals surface area contributed by atoms with Crippen LogP contribution < -0.4 is 4.90 Å². The number of nitrogens with zero attached hydrogens (tertiary/aromatic N) is 2. The first-order valence-corrected chi connectivity index (χ1v) is 11.2. The van der Waals surface area contributed by atoms with Crippen LogP contribution in [-0.2, 0) is 16.4 Å². The Morgan fingerprint density at radius 1 is 1.11 bits per heavy atom. The predicted octanol–water partition coefficient (Wildman–Crippen LogP) is 3.70. The number of urea groups is 1. The Kier molecular flexibility index (Phi) is 4.62. The maximum atomic E-state index is 14.3. The molecule has 2 amide bonds. The van der Waals surface area contributed by atoms with E-state index in [4.69, 9.17) is 11.6 Å². The molecule has 2 aliphatic rings. The van der Waals surface area contributed by atoms with Gasteiger partial charge in [0.2, 0.25) is 0 Å². The largest absolute Gasteiger partial charge is 0.325 e. The number of hydrogen-bond donors (Lipinski definition) is 0. The van der Waals surface area contributed by atoms with Gasteiger partial charge in [0.05, 0.1) is 30.1 Å². The summed E-state index contributed by atoms with van der Waals surface area (Å²) in [6.45, 7) is 3.79. The van der Waals surface area contributed by atoms with Crippen LogP contribution in [0.4, 0.5) is 14.9 Å². The van der Waals surface area contributed by atoms with Gasteiger partial charge in [0.25, 0.3) is 0 Å². The molecule has 2 heterocycles. The fourth-order valence-electron chi connectivity index (χ4n) is 4.21. The Bertz CT molecular complexity index is 1030. The molecule has 2 atom stereocenters. The molecule has 8 heteroatoms. The van der Waals surface area contributed by atoms with E-state index in [2.05, 4.69) is 0 Å². The lowest BCUT2D eigenvalue weighted by atomic mass is 10.1. The zero-order chi connectivity index (χ0) is 20.2. The minimum atomic E-state index is -3.30. The van der Waals surface area contributed by atoms with Gasteiger partial charge in [-0.3, -0.25) is 4.90 Å². The third-order valence-electron chi connectivity index (χ3n) is 5.35. The molecule has 0 bridgehead atoms. The van der Waals surface area contributed by atoms with Crippen LogP contribution in [0, 0.1) is 19.7 Å². The zero-order valence-electron chi connectivity index (χ0n) is 15.5. The van der Waals surface area contributed by atoms with Crippen LogP contribution in [0.2, 0.25) is 5.02 Å². The molecule has 2 aliphatic heterocycles. The monoisotopic (exact) mass is 422 g/mol. The third-order valence-corrected chi connectivity index (χ3v) is 7.40. The maximum absolute atomic E-state index is 14.3. The second-order valence-electron chi connectivity index (χ2n) is 7.54. The van der Waals surface area contributed by atoms with E-state index in [0.717, 1.165) is 11.1 Å². The number of carbonyl (C=O) groups excluding carboxylic acids is 1. The average molecular weight is 423 g/mol. The van der Waals surface area contributed by atoms with Gasteiger partial charge in [0, 0.05) is 16.3 Å². The van der Waals surface area contributed by atoms with Crippen molar-refractivity contribution in [2.75, 3.05) is 16.4 Å². The summed E-state index contributed by atoms with van der Waals surface area (Å²) in [7, 11) is -3.30. The summed E-state index contributed by atoms with van der Waals surface area (Å²) in [6.07, 6.45) is 0. The number of carbonyl (C=O) groups is 1.